The molecule has 0 radical (unpaired) electrons. The third-order valence-corrected chi connectivity index (χ3v) is 3.51. The van der Waals surface area contributed by atoms with Crippen molar-refractivity contribution in [2.75, 3.05) is 19.7 Å². The summed E-state index contributed by atoms with van der Waals surface area (Å²) < 4.78 is 5.72. The zero-order valence-electron chi connectivity index (χ0n) is 12.1. The van der Waals surface area contributed by atoms with Crippen molar-refractivity contribution in [3.63, 3.8) is 0 Å². The second-order valence-corrected chi connectivity index (χ2v) is 5.28. The highest BCUT2D eigenvalue weighted by Gasteiger charge is 2.26. The third-order valence-electron chi connectivity index (χ3n) is 3.51. The average molecular weight is 278 g/mol. The molecule has 0 aliphatic carbocycles. The molecule has 1 unspecified atom stereocenters. The van der Waals surface area contributed by atoms with E-state index in [1.165, 1.54) is 12.3 Å². The van der Waals surface area contributed by atoms with E-state index in [0.717, 1.165) is 31.6 Å². The molecular weight excluding hydrogens is 256 g/mol. The van der Waals surface area contributed by atoms with Gasteiger partial charge in [-0.05, 0) is 26.2 Å². The van der Waals surface area contributed by atoms with Crippen LogP contribution in [0.1, 0.15) is 42.2 Å². The normalized spacial score (nSPS) is 19.1. The predicted molar refractivity (Wildman–Crippen MR) is 77.0 cm³/mol. The van der Waals surface area contributed by atoms with Gasteiger partial charge in [-0.3, -0.25) is 9.59 Å². The Morgan fingerprint density at radius 2 is 2.35 bits per heavy atom. The first-order chi connectivity index (χ1) is 9.61. The highest BCUT2D eigenvalue weighted by molar-refractivity contribution is 5.93. The molecule has 5 nitrogen and oxygen atoms in total. The molecule has 110 valence electrons. The molecule has 1 aliphatic heterocycles. The van der Waals surface area contributed by atoms with Crippen LogP contribution >= 0.6 is 0 Å². The number of nitrogens with zero attached hydrogens (tertiary/aromatic N) is 1. The topological polar surface area (TPSA) is 62.4 Å². The molecule has 20 heavy (non-hydrogen) atoms. The minimum Gasteiger partial charge on any atom is -0.376 e. The van der Waals surface area contributed by atoms with Gasteiger partial charge < -0.3 is 14.6 Å². The van der Waals surface area contributed by atoms with Gasteiger partial charge in [0.15, 0.2) is 5.43 Å². The molecule has 1 N–H and O–H groups in total. The quantitative estimate of drug-likeness (QED) is 0.912. The molecule has 1 fully saturated rings. The van der Waals surface area contributed by atoms with E-state index < -0.39 is 0 Å². The maximum absolute atomic E-state index is 12.4. The number of rotatable bonds is 4. The Kier molecular flexibility index (Phi) is 4.95. The van der Waals surface area contributed by atoms with Crippen LogP contribution < -0.4 is 5.43 Å². The van der Waals surface area contributed by atoms with E-state index in [0.29, 0.717) is 13.1 Å². The van der Waals surface area contributed by atoms with Gasteiger partial charge in [-0.2, -0.15) is 0 Å². The number of pyridine rings is 1. The molecule has 1 aromatic rings. The van der Waals surface area contributed by atoms with Gasteiger partial charge in [0.05, 0.1) is 6.10 Å². The molecule has 0 aromatic carbocycles. The summed E-state index contributed by atoms with van der Waals surface area (Å²) in [6, 6.07) is 1.46. The Bertz CT molecular complexity index is 524. The fourth-order valence-corrected chi connectivity index (χ4v) is 2.45. The van der Waals surface area contributed by atoms with Crippen LogP contribution in [0.15, 0.2) is 17.1 Å². The molecule has 0 saturated carbocycles. The van der Waals surface area contributed by atoms with Gasteiger partial charge in [-0.1, -0.05) is 6.92 Å². The highest BCUT2D eigenvalue weighted by atomic mass is 16.5. The van der Waals surface area contributed by atoms with Crippen LogP contribution in [0, 0.1) is 6.92 Å². The van der Waals surface area contributed by atoms with E-state index in [9.17, 15) is 9.59 Å². The Morgan fingerprint density at radius 3 is 3.05 bits per heavy atom. The molecule has 5 heteroatoms. The average Bonchev–Trinajstić information content (AvgIpc) is 2.45. The van der Waals surface area contributed by atoms with E-state index in [-0.39, 0.29) is 23.0 Å². The summed E-state index contributed by atoms with van der Waals surface area (Å²) in [6.45, 7) is 5.85. The number of H-pyrrole nitrogens is 1. The van der Waals surface area contributed by atoms with Crippen molar-refractivity contribution in [1.82, 2.24) is 9.88 Å². The summed E-state index contributed by atoms with van der Waals surface area (Å²) in [5.74, 6) is -0.198. The molecule has 1 amide bonds. The lowest BCUT2D eigenvalue weighted by Crippen LogP contribution is -2.44. The fourth-order valence-electron chi connectivity index (χ4n) is 2.45. The number of nitrogens with one attached hydrogen (secondary N) is 1. The zero-order chi connectivity index (χ0) is 14.5. The van der Waals surface area contributed by atoms with Gasteiger partial charge >= 0.3 is 0 Å². The summed E-state index contributed by atoms with van der Waals surface area (Å²) in [4.78, 5) is 28.9. The number of aromatic nitrogens is 1. The Labute approximate surface area is 118 Å². The number of carbonyl (C=O) groups excluding carboxylic acids is 1. The number of aryl methyl sites for hydroxylation is 1. The Morgan fingerprint density at radius 1 is 1.55 bits per heavy atom. The maximum atomic E-state index is 12.4. The van der Waals surface area contributed by atoms with Crippen molar-refractivity contribution >= 4 is 5.91 Å². The predicted octanol–water partition coefficient (Wildman–Crippen LogP) is 1.71. The summed E-state index contributed by atoms with van der Waals surface area (Å²) in [5, 5.41) is 0. The number of carbonyl (C=O) groups is 1. The standard InChI is InChI=1S/C15H22N2O3/c1-3-7-20-12-5-4-6-17(10-12)15(19)13-9-16-11(2)8-14(13)18/h8-9,12H,3-7,10H2,1-2H3,(H,16,18). The van der Waals surface area contributed by atoms with Crippen molar-refractivity contribution in [2.24, 2.45) is 0 Å². The number of hydrogen-bond acceptors (Lipinski definition) is 3. The number of piperidine rings is 1. The molecule has 2 rings (SSSR count). The van der Waals surface area contributed by atoms with Crippen LogP contribution in [0.2, 0.25) is 0 Å². The molecule has 1 aromatic heterocycles. The third kappa shape index (κ3) is 3.48. The van der Waals surface area contributed by atoms with Gasteiger partial charge in [-0.15, -0.1) is 0 Å². The van der Waals surface area contributed by atoms with Crippen molar-refractivity contribution in [3.8, 4) is 0 Å². The first-order valence-corrected chi connectivity index (χ1v) is 7.22. The molecule has 2 heterocycles. The molecule has 0 bridgehead atoms. The summed E-state index contributed by atoms with van der Waals surface area (Å²) in [5.41, 5.74) is 0.754. The minimum absolute atomic E-state index is 0.0946. The van der Waals surface area contributed by atoms with Crippen molar-refractivity contribution in [1.29, 1.82) is 0 Å². The number of ether oxygens (including phenoxy) is 1. The number of hydrogen-bond donors (Lipinski definition) is 1. The lowest BCUT2D eigenvalue weighted by atomic mass is 10.1. The lowest BCUT2D eigenvalue weighted by molar-refractivity contribution is 0.00205. The van der Waals surface area contributed by atoms with Crippen molar-refractivity contribution in [3.05, 3.63) is 33.7 Å². The molecule has 1 aliphatic rings. The first-order valence-electron chi connectivity index (χ1n) is 7.22. The first kappa shape index (κ1) is 14.8. The summed E-state index contributed by atoms with van der Waals surface area (Å²) in [6.07, 6.45) is 4.48. The maximum Gasteiger partial charge on any atom is 0.259 e. The molecule has 0 spiro atoms. The lowest BCUT2D eigenvalue weighted by Gasteiger charge is -2.32. The highest BCUT2D eigenvalue weighted by Crippen LogP contribution is 2.15. The Hall–Kier alpha value is -1.62. The van der Waals surface area contributed by atoms with Crippen LogP contribution in [-0.2, 0) is 4.74 Å². The Balaban J connectivity index is 2.06. The van der Waals surface area contributed by atoms with Crippen LogP contribution in [0.4, 0.5) is 0 Å². The van der Waals surface area contributed by atoms with E-state index in [1.807, 2.05) is 0 Å². The van der Waals surface area contributed by atoms with Gasteiger partial charge in [0.25, 0.3) is 5.91 Å². The number of likely N-dealkylation sites (tertiary alicyclic amines) is 1. The van der Waals surface area contributed by atoms with Crippen LogP contribution in [-0.4, -0.2) is 41.6 Å². The van der Waals surface area contributed by atoms with Crippen molar-refractivity contribution < 1.29 is 9.53 Å². The van der Waals surface area contributed by atoms with E-state index in [2.05, 4.69) is 11.9 Å². The zero-order valence-corrected chi connectivity index (χ0v) is 12.1. The van der Waals surface area contributed by atoms with Gasteiger partial charge in [0.2, 0.25) is 0 Å². The van der Waals surface area contributed by atoms with Gasteiger partial charge in [-0.25, -0.2) is 0 Å². The van der Waals surface area contributed by atoms with Crippen LogP contribution in [0.3, 0.4) is 0 Å². The minimum atomic E-state index is -0.220. The van der Waals surface area contributed by atoms with E-state index in [1.54, 1.807) is 11.8 Å². The van der Waals surface area contributed by atoms with E-state index in [4.69, 9.17) is 4.74 Å². The van der Waals surface area contributed by atoms with Crippen molar-refractivity contribution in [2.45, 2.75) is 39.2 Å². The van der Waals surface area contributed by atoms with Crippen LogP contribution in [0.5, 0.6) is 0 Å². The van der Waals surface area contributed by atoms with Gasteiger partial charge in [0, 0.05) is 37.7 Å². The summed E-state index contributed by atoms with van der Waals surface area (Å²) >= 11 is 0. The second-order valence-electron chi connectivity index (χ2n) is 5.28. The number of amides is 1. The largest absolute Gasteiger partial charge is 0.376 e. The monoisotopic (exact) mass is 278 g/mol. The SMILES string of the molecule is CCCOC1CCCN(C(=O)c2c[nH]c(C)cc2=O)C1. The molecule has 1 saturated heterocycles. The molecular formula is C15H22N2O3. The van der Waals surface area contributed by atoms with E-state index >= 15 is 0 Å². The fraction of sp³-hybridized carbons (Fsp3) is 0.600. The van der Waals surface area contributed by atoms with Gasteiger partial charge in [0.1, 0.15) is 5.56 Å². The second kappa shape index (κ2) is 6.70. The smallest absolute Gasteiger partial charge is 0.259 e. The number of aromatic amines is 1. The molecule has 1 atom stereocenters. The van der Waals surface area contributed by atoms with Crippen LogP contribution in [0.25, 0.3) is 0 Å². The summed E-state index contributed by atoms with van der Waals surface area (Å²) in [7, 11) is 0.